The van der Waals surface area contributed by atoms with Crippen molar-refractivity contribution in [1.82, 2.24) is 20.1 Å². The molecule has 1 amide bonds. The number of pyridine rings is 1. The van der Waals surface area contributed by atoms with Gasteiger partial charge in [0.2, 0.25) is 0 Å². The summed E-state index contributed by atoms with van der Waals surface area (Å²) in [5.41, 5.74) is -2.13. The molecule has 26 heavy (non-hydrogen) atoms. The van der Waals surface area contributed by atoms with E-state index >= 15 is 0 Å². The van der Waals surface area contributed by atoms with Gasteiger partial charge in [0.1, 0.15) is 5.69 Å². The second-order valence-corrected chi connectivity index (χ2v) is 7.50. The number of likely N-dealkylation sites (N-methyl/N-ethyl adjacent to an activating group) is 1. The van der Waals surface area contributed by atoms with Gasteiger partial charge in [0.25, 0.3) is 5.91 Å². The van der Waals surface area contributed by atoms with Crippen molar-refractivity contribution in [1.29, 1.82) is 0 Å². The van der Waals surface area contributed by atoms with E-state index in [1.807, 2.05) is 19.0 Å². The molecule has 0 spiro atoms. The Morgan fingerprint density at radius 1 is 1.35 bits per heavy atom. The van der Waals surface area contributed by atoms with Crippen LogP contribution < -0.4 is 5.32 Å². The normalized spacial score (nSPS) is 18.3. The first-order valence-electron chi connectivity index (χ1n) is 8.77. The Hall–Kier alpha value is -1.67. The molecule has 0 bridgehead atoms. The minimum atomic E-state index is -4.61. The van der Waals surface area contributed by atoms with E-state index in [0.717, 1.165) is 19.2 Å². The number of alkyl halides is 3. The summed E-state index contributed by atoms with van der Waals surface area (Å²) in [5, 5.41) is 2.88. The molecule has 5 nitrogen and oxygen atoms in total. The Morgan fingerprint density at radius 2 is 1.96 bits per heavy atom. The van der Waals surface area contributed by atoms with Gasteiger partial charge >= 0.3 is 6.18 Å². The lowest BCUT2D eigenvalue weighted by molar-refractivity contribution is -0.138. The summed E-state index contributed by atoms with van der Waals surface area (Å²) in [6.07, 6.45) is -2.03. The summed E-state index contributed by atoms with van der Waals surface area (Å²) in [6, 6.07) is 2.48. The van der Waals surface area contributed by atoms with E-state index in [0.29, 0.717) is 25.4 Å². The number of carbonyl (C=O) groups is 1. The zero-order chi connectivity index (χ0) is 19.5. The molecule has 1 aliphatic heterocycles. The van der Waals surface area contributed by atoms with E-state index in [1.54, 1.807) is 0 Å². The molecule has 2 rings (SSSR count). The fraction of sp³-hybridized carbons (Fsp3) is 0.667. The van der Waals surface area contributed by atoms with Crippen molar-refractivity contribution in [3.05, 3.63) is 29.6 Å². The van der Waals surface area contributed by atoms with Gasteiger partial charge < -0.3 is 15.1 Å². The van der Waals surface area contributed by atoms with Crippen molar-refractivity contribution in [3.63, 3.8) is 0 Å². The van der Waals surface area contributed by atoms with E-state index in [9.17, 15) is 18.0 Å². The molecule has 0 aromatic carbocycles. The maximum Gasteiger partial charge on any atom is 0.418 e. The molecule has 0 radical (unpaired) electrons. The highest BCUT2D eigenvalue weighted by molar-refractivity contribution is 5.94. The molecule has 0 atom stereocenters. The molecule has 1 aromatic rings. The molecular weight excluding hydrogens is 345 g/mol. The molecule has 2 heterocycles. The van der Waals surface area contributed by atoms with Gasteiger partial charge in [-0.1, -0.05) is 0 Å². The van der Waals surface area contributed by atoms with Crippen LogP contribution in [-0.4, -0.2) is 66.0 Å². The Bertz CT molecular complexity index is 623. The molecule has 1 N–H and O–H groups in total. The zero-order valence-electron chi connectivity index (χ0n) is 15.7. The second kappa shape index (κ2) is 7.92. The van der Waals surface area contributed by atoms with Crippen LogP contribution in [0, 0.1) is 0 Å². The predicted octanol–water partition coefficient (Wildman–Crippen LogP) is 2.63. The summed E-state index contributed by atoms with van der Waals surface area (Å²) >= 11 is 0. The van der Waals surface area contributed by atoms with Crippen LogP contribution >= 0.6 is 0 Å². The minimum Gasteiger partial charge on any atom is -0.344 e. The summed E-state index contributed by atoms with van der Waals surface area (Å²) < 4.78 is 39.6. The van der Waals surface area contributed by atoms with Crippen LogP contribution in [0.4, 0.5) is 13.2 Å². The number of likely N-dealkylation sites (tertiary alicyclic amines) is 1. The van der Waals surface area contributed by atoms with E-state index in [-0.39, 0.29) is 0 Å². The number of aromatic nitrogens is 1. The van der Waals surface area contributed by atoms with Crippen LogP contribution in [0.15, 0.2) is 18.3 Å². The van der Waals surface area contributed by atoms with E-state index < -0.39 is 28.9 Å². The highest BCUT2D eigenvalue weighted by atomic mass is 19.4. The van der Waals surface area contributed by atoms with Gasteiger partial charge in [0.05, 0.1) is 11.1 Å². The third kappa shape index (κ3) is 4.94. The molecular formula is C18H27F3N4O. The summed E-state index contributed by atoms with van der Waals surface area (Å²) in [4.78, 5) is 20.6. The molecule has 0 unspecified atom stereocenters. The third-order valence-corrected chi connectivity index (χ3v) is 4.81. The van der Waals surface area contributed by atoms with Crippen LogP contribution in [0.5, 0.6) is 0 Å². The first-order valence-corrected chi connectivity index (χ1v) is 8.77. The molecule has 1 saturated heterocycles. The molecule has 8 heteroatoms. The molecule has 1 aromatic heterocycles. The quantitative estimate of drug-likeness (QED) is 0.863. The van der Waals surface area contributed by atoms with Crippen molar-refractivity contribution < 1.29 is 18.0 Å². The van der Waals surface area contributed by atoms with Crippen LogP contribution in [-0.2, 0) is 6.18 Å². The minimum absolute atomic E-state index is 0.399. The fourth-order valence-electron chi connectivity index (χ4n) is 3.51. The second-order valence-electron chi connectivity index (χ2n) is 7.50. The molecule has 146 valence electrons. The number of carbonyl (C=O) groups excluding carboxylic acids is 1. The molecule has 0 aliphatic carbocycles. The van der Waals surface area contributed by atoms with Crippen LogP contribution in [0.1, 0.15) is 42.7 Å². The van der Waals surface area contributed by atoms with Gasteiger partial charge in [-0.25, -0.2) is 0 Å². The van der Waals surface area contributed by atoms with Gasteiger partial charge in [-0.2, -0.15) is 13.2 Å². The van der Waals surface area contributed by atoms with E-state index in [1.165, 1.54) is 12.3 Å². The first-order chi connectivity index (χ1) is 12.0. The summed E-state index contributed by atoms with van der Waals surface area (Å²) in [5.74, 6) is -0.766. The van der Waals surface area contributed by atoms with E-state index in [4.69, 9.17) is 0 Å². The zero-order valence-corrected chi connectivity index (χ0v) is 15.7. The Balaban J connectivity index is 2.24. The monoisotopic (exact) mass is 372 g/mol. The topological polar surface area (TPSA) is 48.5 Å². The van der Waals surface area contributed by atoms with Crippen molar-refractivity contribution in [2.24, 2.45) is 0 Å². The highest BCUT2D eigenvalue weighted by Crippen LogP contribution is 2.32. The smallest absolute Gasteiger partial charge is 0.344 e. The SMILES string of the molecule is CC(C)N1CCC(CN(C)C)(NC(=O)c2ncccc2C(F)(F)F)CC1. The number of rotatable bonds is 5. The van der Waals surface area contributed by atoms with Crippen molar-refractivity contribution in [2.45, 2.75) is 44.4 Å². The summed E-state index contributed by atoms with van der Waals surface area (Å²) in [6.45, 7) is 6.38. The third-order valence-electron chi connectivity index (χ3n) is 4.81. The van der Waals surface area contributed by atoms with Gasteiger partial charge in [0.15, 0.2) is 0 Å². The highest BCUT2D eigenvalue weighted by Gasteiger charge is 2.40. The number of nitrogens with zero attached hydrogens (tertiary/aromatic N) is 3. The number of hydrogen-bond donors (Lipinski definition) is 1. The van der Waals surface area contributed by atoms with Crippen molar-refractivity contribution in [2.75, 3.05) is 33.7 Å². The van der Waals surface area contributed by atoms with Crippen LogP contribution in [0.25, 0.3) is 0 Å². The number of amides is 1. The Kier molecular flexibility index (Phi) is 6.29. The van der Waals surface area contributed by atoms with E-state index in [2.05, 4.69) is 29.0 Å². The van der Waals surface area contributed by atoms with Crippen molar-refractivity contribution in [3.8, 4) is 0 Å². The molecule has 1 fully saturated rings. The van der Waals surface area contributed by atoms with Gasteiger partial charge in [-0.3, -0.25) is 9.78 Å². The lowest BCUT2D eigenvalue weighted by atomic mass is 9.86. The molecule has 0 saturated carbocycles. The summed E-state index contributed by atoms with van der Waals surface area (Å²) in [7, 11) is 3.79. The lowest BCUT2D eigenvalue weighted by Gasteiger charge is -2.45. The van der Waals surface area contributed by atoms with Crippen LogP contribution in [0.2, 0.25) is 0 Å². The average molecular weight is 372 g/mol. The first kappa shape index (κ1) is 20.6. The van der Waals surface area contributed by atoms with Gasteiger partial charge in [-0.15, -0.1) is 0 Å². The average Bonchev–Trinajstić information content (AvgIpc) is 2.53. The number of piperidine rings is 1. The maximum atomic E-state index is 13.2. The Morgan fingerprint density at radius 3 is 2.46 bits per heavy atom. The largest absolute Gasteiger partial charge is 0.418 e. The number of halogens is 3. The van der Waals surface area contributed by atoms with Gasteiger partial charge in [-0.05, 0) is 52.9 Å². The van der Waals surface area contributed by atoms with Crippen LogP contribution in [0.3, 0.4) is 0 Å². The maximum absolute atomic E-state index is 13.2. The number of hydrogen-bond acceptors (Lipinski definition) is 4. The molecule has 1 aliphatic rings. The number of nitrogens with one attached hydrogen (secondary N) is 1. The van der Waals surface area contributed by atoms with Gasteiger partial charge in [0, 0.05) is 31.9 Å². The Labute approximate surface area is 152 Å². The standard InChI is InChI=1S/C18H27F3N4O/c1-13(2)25-10-7-17(8-11-25,12-24(3)4)23-16(26)15-14(18(19,20)21)6-5-9-22-15/h5-6,9,13H,7-8,10-12H2,1-4H3,(H,23,26). The van der Waals surface area contributed by atoms with Crippen molar-refractivity contribution >= 4 is 5.91 Å². The fourth-order valence-corrected chi connectivity index (χ4v) is 3.51. The lowest BCUT2D eigenvalue weighted by Crippen LogP contribution is -2.60. The predicted molar refractivity (Wildman–Crippen MR) is 93.9 cm³/mol.